The first-order valence-corrected chi connectivity index (χ1v) is 8.98. The van der Waals surface area contributed by atoms with Gasteiger partial charge in [-0.25, -0.2) is 4.98 Å². The number of piperidine rings is 1. The van der Waals surface area contributed by atoms with Crippen LogP contribution in [0.15, 0.2) is 36.4 Å². The average molecular weight is 379 g/mol. The molecule has 1 aliphatic rings. The predicted octanol–water partition coefficient (Wildman–Crippen LogP) is 3.83. The summed E-state index contributed by atoms with van der Waals surface area (Å²) in [5.74, 6) is 0.930. The molecule has 2 aromatic rings. The maximum atomic E-state index is 12.5. The lowest BCUT2D eigenvalue weighted by atomic mass is 10.1. The number of carbonyl (C=O) groups excluding carboxylic acids is 1. The van der Waals surface area contributed by atoms with Gasteiger partial charge in [-0.1, -0.05) is 35.3 Å². The van der Waals surface area contributed by atoms with Crippen LogP contribution in [0.5, 0.6) is 0 Å². The minimum Gasteiger partial charge on any atom is -0.357 e. The Labute approximate surface area is 157 Å². The van der Waals surface area contributed by atoms with Gasteiger partial charge in [0.25, 0.3) is 5.91 Å². The van der Waals surface area contributed by atoms with Crippen LogP contribution in [-0.2, 0) is 0 Å². The van der Waals surface area contributed by atoms with Gasteiger partial charge in [-0.2, -0.15) is 0 Å². The summed E-state index contributed by atoms with van der Waals surface area (Å²) in [4.78, 5) is 19.2. The Morgan fingerprint density at radius 2 is 1.80 bits per heavy atom. The minimum atomic E-state index is -0.371. The van der Waals surface area contributed by atoms with Crippen molar-refractivity contribution in [2.75, 3.05) is 30.4 Å². The van der Waals surface area contributed by atoms with Gasteiger partial charge in [-0.3, -0.25) is 4.79 Å². The van der Waals surface area contributed by atoms with E-state index in [-0.39, 0.29) is 11.5 Å². The number of pyridine rings is 1. The van der Waals surface area contributed by atoms with Crippen LogP contribution in [0.1, 0.15) is 23.2 Å². The molecule has 1 amide bonds. The molecule has 1 aliphatic heterocycles. The molecule has 1 saturated heterocycles. The second kappa shape index (κ2) is 8.04. The molecule has 0 saturated carbocycles. The van der Waals surface area contributed by atoms with E-state index in [2.05, 4.69) is 20.5 Å². The number of rotatable bonds is 4. The molecule has 0 atom stereocenters. The number of nitrogens with one attached hydrogen (secondary N) is 2. The van der Waals surface area contributed by atoms with Crippen molar-refractivity contribution in [3.05, 3.63) is 52.0 Å². The van der Waals surface area contributed by atoms with E-state index in [9.17, 15) is 4.79 Å². The maximum Gasteiger partial charge on any atom is 0.259 e. The van der Waals surface area contributed by atoms with Crippen LogP contribution in [-0.4, -0.2) is 37.1 Å². The van der Waals surface area contributed by atoms with Crippen molar-refractivity contribution in [1.82, 2.24) is 10.3 Å². The number of amides is 1. The molecule has 132 valence electrons. The first kappa shape index (κ1) is 18.0. The van der Waals surface area contributed by atoms with Crippen molar-refractivity contribution in [2.45, 2.75) is 18.9 Å². The zero-order valence-corrected chi connectivity index (χ0v) is 15.4. The standard InChI is InChI=1S/C18H20Cl2N4O/c1-24(12-8-10-21-11-9-12)16-7-3-6-15(22-16)23-18(25)17-13(19)4-2-5-14(17)20/h2-7,12,21H,8-11H2,1H3,(H,22,23,25). The van der Waals surface area contributed by atoms with Crippen molar-refractivity contribution in [3.63, 3.8) is 0 Å². The molecule has 0 radical (unpaired) electrons. The fraction of sp³-hybridized carbons (Fsp3) is 0.333. The molecule has 1 fully saturated rings. The fourth-order valence-corrected chi connectivity index (χ4v) is 3.53. The van der Waals surface area contributed by atoms with E-state index in [0.717, 1.165) is 31.7 Å². The molecule has 2 N–H and O–H groups in total. The largest absolute Gasteiger partial charge is 0.357 e. The van der Waals surface area contributed by atoms with E-state index in [1.807, 2.05) is 19.2 Å². The van der Waals surface area contributed by atoms with Crippen molar-refractivity contribution >= 4 is 40.7 Å². The zero-order valence-electron chi connectivity index (χ0n) is 13.9. The smallest absolute Gasteiger partial charge is 0.259 e. The number of hydrogen-bond donors (Lipinski definition) is 2. The highest BCUT2D eigenvalue weighted by atomic mass is 35.5. The molecule has 0 unspecified atom stereocenters. The Morgan fingerprint density at radius 3 is 2.48 bits per heavy atom. The average Bonchev–Trinajstić information content (AvgIpc) is 2.62. The summed E-state index contributed by atoms with van der Waals surface area (Å²) >= 11 is 12.2. The van der Waals surface area contributed by atoms with Crippen LogP contribution in [0.2, 0.25) is 10.0 Å². The van der Waals surface area contributed by atoms with Crippen molar-refractivity contribution < 1.29 is 4.79 Å². The van der Waals surface area contributed by atoms with E-state index in [1.54, 1.807) is 24.3 Å². The third-order valence-electron chi connectivity index (χ3n) is 4.38. The number of halogens is 2. The fourth-order valence-electron chi connectivity index (χ4n) is 2.96. The van der Waals surface area contributed by atoms with Crippen LogP contribution in [0, 0.1) is 0 Å². The third kappa shape index (κ3) is 4.24. The van der Waals surface area contributed by atoms with Crippen molar-refractivity contribution in [2.24, 2.45) is 0 Å². The van der Waals surface area contributed by atoms with E-state index < -0.39 is 0 Å². The van der Waals surface area contributed by atoms with Crippen molar-refractivity contribution in [3.8, 4) is 0 Å². The third-order valence-corrected chi connectivity index (χ3v) is 5.01. The highest BCUT2D eigenvalue weighted by Gasteiger charge is 2.20. The van der Waals surface area contributed by atoms with E-state index in [0.29, 0.717) is 21.9 Å². The first-order valence-electron chi connectivity index (χ1n) is 8.22. The quantitative estimate of drug-likeness (QED) is 0.848. The van der Waals surface area contributed by atoms with E-state index >= 15 is 0 Å². The zero-order chi connectivity index (χ0) is 17.8. The number of benzene rings is 1. The number of hydrogen-bond acceptors (Lipinski definition) is 4. The van der Waals surface area contributed by atoms with Gasteiger partial charge in [-0.05, 0) is 50.2 Å². The summed E-state index contributed by atoms with van der Waals surface area (Å²) in [6.45, 7) is 2.02. The molecule has 0 bridgehead atoms. The Bertz CT molecular complexity index is 742. The van der Waals surface area contributed by atoms with Crippen LogP contribution < -0.4 is 15.5 Å². The maximum absolute atomic E-state index is 12.5. The lowest BCUT2D eigenvalue weighted by Crippen LogP contribution is -2.41. The van der Waals surface area contributed by atoms with Gasteiger partial charge in [0.2, 0.25) is 0 Å². The SMILES string of the molecule is CN(c1cccc(NC(=O)c2c(Cl)cccc2Cl)n1)C1CCNCC1. The monoisotopic (exact) mass is 378 g/mol. The van der Waals surface area contributed by atoms with Gasteiger partial charge in [0, 0.05) is 13.1 Å². The number of anilines is 2. The molecule has 0 spiro atoms. The van der Waals surface area contributed by atoms with Gasteiger partial charge < -0.3 is 15.5 Å². The highest BCUT2D eigenvalue weighted by Crippen LogP contribution is 2.25. The molecule has 7 heteroatoms. The summed E-state index contributed by atoms with van der Waals surface area (Å²) in [7, 11) is 2.04. The second-order valence-electron chi connectivity index (χ2n) is 6.02. The molecule has 2 heterocycles. The molecular formula is C18H20Cl2N4O. The van der Waals surface area contributed by atoms with Crippen LogP contribution >= 0.6 is 23.2 Å². The Hall–Kier alpha value is -1.82. The first-order chi connectivity index (χ1) is 12.1. The summed E-state index contributed by atoms with van der Waals surface area (Å²) in [6, 6.07) is 11.0. The highest BCUT2D eigenvalue weighted by molar-refractivity contribution is 6.40. The van der Waals surface area contributed by atoms with Gasteiger partial charge in [0.1, 0.15) is 11.6 Å². The molecule has 25 heavy (non-hydrogen) atoms. The van der Waals surface area contributed by atoms with Gasteiger partial charge in [-0.15, -0.1) is 0 Å². The molecule has 1 aromatic heterocycles. The molecule has 3 rings (SSSR count). The summed E-state index contributed by atoms with van der Waals surface area (Å²) < 4.78 is 0. The number of aromatic nitrogens is 1. The van der Waals surface area contributed by atoms with Crippen LogP contribution in [0.3, 0.4) is 0 Å². The van der Waals surface area contributed by atoms with Gasteiger partial charge in [0.05, 0.1) is 15.6 Å². The predicted molar refractivity (Wildman–Crippen MR) is 103 cm³/mol. The summed E-state index contributed by atoms with van der Waals surface area (Å²) in [5, 5.41) is 6.76. The lowest BCUT2D eigenvalue weighted by molar-refractivity contribution is 0.102. The minimum absolute atomic E-state index is 0.254. The lowest BCUT2D eigenvalue weighted by Gasteiger charge is -2.32. The Balaban J connectivity index is 1.76. The molecule has 5 nitrogen and oxygen atoms in total. The van der Waals surface area contributed by atoms with Crippen LogP contribution in [0.4, 0.5) is 11.6 Å². The van der Waals surface area contributed by atoms with E-state index in [1.165, 1.54) is 0 Å². The second-order valence-corrected chi connectivity index (χ2v) is 6.84. The molecule has 1 aromatic carbocycles. The molecular weight excluding hydrogens is 359 g/mol. The van der Waals surface area contributed by atoms with E-state index in [4.69, 9.17) is 23.2 Å². The van der Waals surface area contributed by atoms with Gasteiger partial charge >= 0.3 is 0 Å². The Kier molecular flexibility index (Phi) is 5.78. The van der Waals surface area contributed by atoms with Crippen LogP contribution in [0.25, 0.3) is 0 Å². The number of carbonyl (C=O) groups is 1. The summed E-state index contributed by atoms with van der Waals surface area (Å²) in [6.07, 6.45) is 2.15. The summed E-state index contributed by atoms with van der Waals surface area (Å²) in [5.41, 5.74) is 0.254. The normalized spacial score (nSPS) is 15.0. The molecule has 0 aliphatic carbocycles. The number of nitrogens with zero attached hydrogens (tertiary/aromatic N) is 2. The van der Waals surface area contributed by atoms with Gasteiger partial charge in [0.15, 0.2) is 0 Å². The van der Waals surface area contributed by atoms with Crippen molar-refractivity contribution in [1.29, 1.82) is 0 Å². The Morgan fingerprint density at radius 1 is 1.16 bits per heavy atom. The topological polar surface area (TPSA) is 57.3 Å².